The molecule has 1 saturated carbocycles. The van der Waals surface area contributed by atoms with Crippen molar-refractivity contribution in [3.8, 4) is 0 Å². The zero-order valence-electron chi connectivity index (χ0n) is 6.68. The predicted octanol–water partition coefficient (Wildman–Crippen LogP) is 2.36. The summed E-state index contributed by atoms with van der Waals surface area (Å²) in [5.74, 6) is 0. The number of hydrogen-bond donors (Lipinski definition) is 1. The molecule has 1 aliphatic rings. The second kappa shape index (κ2) is 4.24. The third-order valence-electron chi connectivity index (χ3n) is 1.96. The number of thioether (sulfide) groups is 1. The molecule has 0 saturated heterocycles. The Morgan fingerprint density at radius 3 is 2.40 bits per heavy atom. The lowest BCUT2D eigenvalue weighted by Gasteiger charge is -2.22. The fraction of sp³-hybridized carbons (Fsp3) is 1.00. The van der Waals surface area contributed by atoms with Crippen molar-refractivity contribution in [3.05, 3.63) is 0 Å². The van der Waals surface area contributed by atoms with Crippen LogP contribution in [0, 0.1) is 0 Å². The Morgan fingerprint density at radius 1 is 1.30 bits per heavy atom. The molecule has 0 bridgehead atoms. The van der Waals surface area contributed by atoms with Gasteiger partial charge in [0.1, 0.15) is 0 Å². The number of hydrogen-bond acceptors (Lipinski definition) is 2. The van der Waals surface area contributed by atoms with E-state index in [9.17, 15) is 0 Å². The summed E-state index contributed by atoms with van der Waals surface area (Å²) in [6, 6.07) is 0. The molecule has 2 heteroatoms. The topological polar surface area (TPSA) is 26.0 Å². The highest BCUT2D eigenvalue weighted by Crippen LogP contribution is 2.29. The number of nitrogens with two attached hydrogens (primary N) is 1. The van der Waals surface area contributed by atoms with Crippen LogP contribution >= 0.6 is 11.8 Å². The van der Waals surface area contributed by atoms with Crippen LogP contribution in [-0.4, -0.2) is 10.6 Å². The van der Waals surface area contributed by atoms with Crippen molar-refractivity contribution in [3.63, 3.8) is 0 Å². The second-order valence-electron chi connectivity index (χ2n) is 3.10. The van der Waals surface area contributed by atoms with Crippen LogP contribution in [0.1, 0.15) is 39.0 Å². The first-order chi connectivity index (χ1) is 4.79. The van der Waals surface area contributed by atoms with Crippen LogP contribution in [0.3, 0.4) is 0 Å². The Morgan fingerprint density at radius 2 is 1.90 bits per heavy atom. The van der Waals surface area contributed by atoms with E-state index >= 15 is 0 Å². The van der Waals surface area contributed by atoms with Crippen LogP contribution in [-0.2, 0) is 0 Å². The van der Waals surface area contributed by atoms with E-state index in [0.29, 0.717) is 5.37 Å². The zero-order chi connectivity index (χ0) is 7.40. The van der Waals surface area contributed by atoms with Crippen LogP contribution in [0.15, 0.2) is 0 Å². The highest BCUT2D eigenvalue weighted by Gasteiger charge is 2.14. The molecule has 1 unspecified atom stereocenters. The van der Waals surface area contributed by atoms with Gasteiger partial charge < -0.3 is 5.73 Å². The molecule has 0 amide bonds. The van der Waals surface area contributed by atoms with E-state index in [1.165, 1.54) is 32.1 Å². The molecule has 1 nitrogen and oxygen atoms in total. The van der Waals surface area contributed by atoms with Crippen LogP contribution in [0.5, 0.6) is 0 Å². The minimum absolute atomic E-state index is 0.336. The molecule has 2 N–H and O–H groups in total. The van der Waals surface area contributed by atoms with Gasteiger partial charge >= 0.3 is 0 Å². The van der Waals surface area contributed by atoms with Gasteiger partial charge in [0.25, 0.3) is 0 Å². The van der Waals surface area contributed by atoms with Crippen LogP contribution in [0.4, 0.5) is 0 Å². The molecule has 0 aliphatic heterocycles. The van der Waals surface area contributed by atoms with Crippen molar-refractivity contribution in [2.45, 2.75) is 49.7 Å². The molecule has 0 spiro atoms. The van der Waals surface area contributed by atoms with Gasteiger partial charge in [-0.25, -0.2) is 0 Å². The van der Waals surface area contributed by atoms with Crippen molar-refractivity contribution in [2.24, 2.45) is 5.73 Å². The Labute approximate surface area is 67.8 Å². The fourth-order valence-electron chi connectivity index (χ4n) is 1.50. The highest BCUT2D eigenvalue weighted by molar-refractivity contribution is 8.00. The van der Waals surface area contributed by atoms with E-state index in [1.807, 2.05) is 11.8 Å². The summed E-state index contributed by atoms with van der Waals surface area (Å²) in [7, 11) is 0. The molecule has 0 aromatic rings. The minimum Gasteiger partial charge on any atom is -0.320 e. The van der Waals surface area contributed by atoms with Crippen LogP contribution in [0.2, 0.25) is 0 Å². The molecule has 0 aromatic heterocycles. The predicted molar refractivity (Wildman–Crippen MR) is 48.1 cm³/mol. The maximum absolute atomic E-state index is 5.69. The molecular weight excluding hydrogens is 142 g/mol. The van der Waals surface area contributed by atoms with E-state index in [4.69, 9.17) is 5.73 Å². The summed E-state index contributed by atoms with van der Waals surface area (Å²) < 4.78 is 0. The van der Waals surface area contributed by atoms with Gasteiger partial charge in [-0.3, -0.25) is 0 Å². The Balaban J connectivity index is 2.13. The molecule has 1 aliphatic carbocycles. The molecule has 0 heterocycles. The molecule has 1 fully saturated rings. The molecule has 1 rings (SSSR count). The lowest BCUT2D eigenvalue weighted by atomic mass is 10.0. The van der Waals surface area contributed by atoms with E-state index in [1.54, 1.807) is 0 Å². The number of rotatable bonds is 2. The lowest BCUT2D eigenvalue weighted by molar-refractivity contribution is 0.515. The van der Waals surface area contributed by atoms with E-state index in [-0.39, 0.29) is 0 Å². The van der Waals surface area contributed by atoms with Crippen molar-refractivity contribution >= 4 is 11.8 Å². The Bertz CT molecular complexity index is 87.3. The monoisotopic (exact) mass is 159 g/mol. The molecule has 0 radical (unpaired) electrons. The van der Waals surface area contributed by atoms with Gasteiger partial charge in [0.05, 0.1) is 0 Å². The Kier molecular flexibility index (Phi) is 3.57. The average molecular weight is 159 g/mol. The maximum Gasteiger partial charge on any atom is 0.0481 e. The molecule has 60 valence electrons. The first-order valence-corrected chi connectivity index (χ1v) is 5.14. The van der Waals surface area contributed by atoms with Gasteiger partial charge in [0.15, 0.2) is 0 Å². The van der Waals surface area contributed by atoms with Crippen molar-refractivity contribution < 1.29 is 0 Å². The largest absolute Gasteiger partial charge is 0.320 e. The molecule has 10 heavy (non-hydrogen) atoms. The lowest BCUT2D eigenvalue weighted by Crippen LogP contribution is -2.17. The second-order valence-corrected chi connectivity index (χ2v) is 4.78. The summed E-state index contributed by atoms with van der Waals surface area (Å²) in [6.07, 6.45) is 7.07. The van der Waals surface area contributed by atoms with E-state index < -0.39 is 0 Å². The molecule has 1 atom stereocenters. The van der Waals surface area contributed by atoms with Gasteiger partial charge in [0.2, 0.25) is 0 Å². The van der Waals surface area contributed by atoms with Crippen LogP contribution < -0.4 is 5.73 Å². The molecular formula is C8H17NS. The van der Waals surface area contributed by atoms with Gasteiger partial charge in [-0.15, -0.1) is 11.8 Å². The quantitative estimate of drug-likeness (QED) is 0.626. The van der Waals surface area contributed by atoms with Crippen molar-refractivity contribution in [2.75, 3.05) is 0 Å². The van der Waals surface area contributed by atoms with E-state index in [2.05, 4.69) is 6.92 Å². The third kappa shape index (κ3) is 2.93. The first kappa shape index (κ1) is 8.41. The summed E-state index contributed by atoms with van der Waals surface area (Å²) >= 11 is 1.95. The summed E-state index contributed by atoms with van der Waals surface area (Å²) in [6.45, 7) is 2.08. The maximum atomic E-state index is 5.69. The Hall–Kier alpha value is 0.310. The van der Waals surface area contributed by atoms with Crippen molar-refractivity contribution in [1.82, 2.24) is 0 Å². The van der Waals surface area contributed by atoms with Gasteiger partial charge in [0, 0.05) is 10.6 Å². The summed E-state index contributed by atoms with van der Waals surface area (Å²) in [4.78, 5) is 0. The minimum atomic E-state index is 0.336. The van der Waals surface area contributed by atoms with Crippen molar-refractivity contribution in [1.29, 1.82) is 0 Å². The normalized spacial score (nSPS) is 24.6. The fourth-order valence-corrected chi connectivity index (χ4v) is 2.72. The van der Waals surface area contributed by atoms with Gasteiger partial charge in [-0.1, -0.05) is 19.3 Å². The standard InChI is InChI=1S/C8H17NS/c1-7(9)10-8-5-3-2-4-6-8/h7-8H,2-6,9H2,1H3. The van der Waals surface area contributed by atoms with Crippen LogP contribution in [0.25, 0.3) is 0 Å². The smallest absolute Gasteiger partial charge is 0.0481 e. The van der Waals surface area contributed by atoms with Gasteiger partial charge in [-0.2, -0.15) is 0 Å². The summed E-state index contributed by atoms with van der Waals surface area (Å²) in [5, 5.41) is 1.21. The zero-order valence-corrected chi connectivity index (χ0v) is 7.49. The molecule has 0 aromatic carbocycles. The van der Waals surface area contributed by atoms with Gasteiger partial charge in [-0.05, 0) is 19.8 Å². The third-order valence-corrected chi connectivity index (χ3v) is 3.24. The van der Waals surface area contributed by atoms with E-state index in [0.717, 1.165) is 5.25 Å². The highest BCUT2D eigenvalue weighted by atomic mass is 32.2. The average Bonchev–Trinajstić information content (AvgIpc) is 1.88. The first-order valence-electron chi connectivity index (χ1n) is 4.20. The SMILES string of the molecule is CC(N)SC1CCCCC1. The summed E-state index contributed by atoms with van der Waals surface area (Å²) in [5.41, 5.74) is 5.69.